The van der Waals surface area contributed by atoms with Gasteiger partial charge < -0.3 is 5.32 Å². The number of thioether (sulfide) groups is 1. The van der Waals surface area contributed by atoms with Crippen LogP contribution in [0.4, 0.5) is 5.82 Å². The van der Waals surface area contributed by atoms with Crippen LogP contribution in [0.1, 0.15) is 36.1 Å². The normalized spacial score (nSPS) is 22.3. The Bertz CT molecular complexity index is 487. The number of hydrogen-bond donors (Lipinski definition) is 1. The van der Waals surface area contributed by atoms with E-state index in [1.807, 2.05) is 17.8 Å². The van der Waals surface area contributed by atoms with Crippen LogP contribution in [0.5, 0.6) is 0 Å². The third kappa shape index (κ3) is 2.32. The van der Waals surface area contributed by atoms with Crippen molar-refractivity contribution in [2.45, 2.75) is 38.1 Å². The first-order valence-electron chi connectivity index (χ1n) is 6.64. The average Bonchev–Trinajstić information content (AvgIpc) is 2.86. The van der Waals surface area contributed by atoms with Crippen LogP contribution in [0.25, 0.3) is 0 Å². The largest absolute Gasteiger partial charge is 0.365 e. The molecule has 1 aromatic heterocycles. The van der Waals surface area contributed by atoms with Gasteiger partial charge in [-0.05, 0) is 49.5 Å². The summed E-state index contributed by atoms with van der Waals surface area (Å²) in [6.07, 6.45) is 5.77. The molecular formula is C14H17N3S. The van der Waals surface area contributed by atoms with Crippen molar-refractivity contribution in [3.05, 3.63) is 22.9 Å². The van der Waals surface area contributed by atoms with Crippen molar-refractivity contribution in [3.63, 3.8) is 0 Å². The van der Waals surface area contributed by atoms with Crippen molar-refractivity contribution in [2.75, 3.05) is 16.8 Å². The Morgan fingerprint density at radius 2 is 2.33 bits per heavy atom. The Labute approximate surface area is 112 Å². The van der Waals surface area contributed by atoms with Crippen molar-refractivity contribution < 1.29 is 0 Å². The predicted molar refractivity (Wildman–Crippen MR) is 74.9 cm³/mol. The maximum absolute atomic E-state index is 9.24. The van der Waals surface area contributed by atoms with Gasteiger partial charge in [0.15, 0.2) is 0 Å². The van der Waals surface area contributed by atoms with Crippen molar-refractivity contribution in [3.8, 4) is 6.07 Å². The molecule has 2 heterocycles. The monoisotopic (exact) mass is 259 g/mol. The van der Waals surface area contributed by atoms with Crippen molar-refractivity contribution >= 4 is 17.6 Å². The minimum absolute atomic E-state index is 0.475. The molecule has 0 aromatic carbocycles. The lowest BCUT2D eigenvalue weighted by molar-refractivity contribution is 0.681. The quantitative estimate of drug-likeness (QED) is 0.887. The molecule has 1 N–H and O–H groups in total. The number of nitriles is 1. The van der Waals surface area contributed by atoms with Gasteiger partial charge in [0.2, 0.25) is 0 Å². The third-order valence-corrected chi connectivity index (χ3v) is 4.89. The fourth-order valence-electron chi connectivity index (χ4n) is 2.72. The number of pyridine rings is 1. The van der Waals surface area contributed by atoms with E-state index in [2.05, 4.69) is 16.4 Å². The molecule has 4 heteroatoms. The smallest absolute Gasteiger partial charge is 0.144 e. The van der Waals surface area contributed by atoms with Crippen LogP contribution in [0, 0.1) is 11.3 Å². The summed E-state index contributed by atoms with van der Waals surface area (Å²) in [5.74, 6) is 3.20. The van der Waals surface area contributed by atoms with Gasteiger partial charge in [0, 0.05) is 17.5 Å². The maximum Gasteiger partial charge on any atom is 0.144 e. The van der Waals surface area contributed by atoms with Crippen LogP contribution in [0.15, 0.2) is 6.07 Å². The fraction of sp³-hybridized carbons (Fsp3) is 0.571. The highest BCUT2D eigenvalue weighted by Crippen LogP contribution is 2.27. The molecule has 1 aliphatic carbocycles. The SMILES string of the molecule is N#Cc1cc2c(nc1NC1CCCSC1)CCC2. The summed E-state index contributed by atoms with van der Waals surface area (Å²) in [4.78, 5) is 4.68. The molecule has 2 aliphatic rings. The minimum Gasteiger partial charge on any atom is -0.365 e. The molecular weight excluding hydrogens is 242 g/mol. The minimum atomic E-state index is 0.475. The zero-order chi connectivity index (χ0) is 12.4. The lowest BCUT2D eigenvalue weighted by Crippen LogP contribution is -2.26. The van der Waals surface area contributed by atoms with Gasteiger partial charge in [-0.25, -0.2) is 4.98 Å². The topological polar surface area (TPSA) is 48.7 Å². The highest BCUT2D eigenvalue weighted by molar-refractivity contribution is 7.99. The Morgan fingerprint density at radius 1 is 1.39 bits per heavy atom. The van der Waals surface area contributed by atoms with Crippen LogP contribution in [0.2, 0.25) is 0 Å². The van der Waals surface area contributed by atoms with E-state index in [1.54, 1.807) is 0 Å². The van der Waals surface area contributed by atoms with Crippen LogP contribution in [-0.4, -0.2) is 22.5 Å². The summed E-state index contributed by atoms with van der Waals surface area (Å²) >= 11 is 1.99. The lowest BCUT2D eigenvalue weighted by atomic mass is 10.1. The Balaban J connectivity index is 1.84. The van der Waals surface area contributed by atoms with E-state index < -0.39 is 0 Å². The maximum atomic E-state index is 9.24. The summed E-state index contributed by atoms with van der Waals surface area (Å²) in [5, 5.41) is 12.7. The van der Waals surface area contributed by atoms with Gasteiger partial charge in [-0.3, -0.25) is 0 Å². The molecule has 1 fully saturated rings. The number of fused-ring (bicyclic) bond motifs is 1. The summed E-state index contributed by atoms with van der Waals surface area (Å²) in [6, 6.07) is 4.79. The van der Waals surface area contributed by atoms with Crippen LogP contribution in [0.3, 0.4) is 0 Å². The van der Waals surface area contributed by atoms with Crippen molar-refractivity contribution in [1.29, 1.82) is 5.26 Å². The first-order valence-corrected chi connectivity index (χ1v) is 7.79. The van der Waals surface area contributed by atoms with Gasteiger partial charge in [0.05, 0.1) is 5.56 Å². The molecule has 0 radical (unpaired) electrons. The number of aromatic nitrogens is 1. The second-order valence-corrected chi connectivity index (χ2v) is 6.16. The molecule has 1 saturated heterocycles. The van der Waals surface area contributed by atoms with E-state index >= 15 is 0 Å². The first kappa shape index (κ1) is 11.9. The molecule has 3 nitrogen and oxygen atoms in total. The molecule has 1 aliphatic heterocycles. The van der Waals surface area contributed by atoms with Gasteiger partial charge in [-0.2, -0.15) is 17.0 Å². The standard InChI is InChI=1S/C14H17N3S/c15-8-11-7-10-3-1-5-13(10)17-14(11)16-12-4-2-6-18-9-12/h7,12H,1-6,9H2,(H,16,17). The third-order valence-electron chi connectivity index (χ3n) is 3.67. The van der Waals surface area contributed by atoms with E-state index in [0.717, 1.165) is 24.4 Å². The Hall–Kier alpha value is -1.21. The molecule has 0 amide bonds. The molecule has 94 valence electrons. The number of rotatable bonds is 2. The van der Waals surface area contributed by atoms with Crippen LogP contribution in [-0.2, 0) is 12.8 Å². The molecule has 18 heavy (non-hydrogen) atoms. The average molecular weight is 259 g/mol. The number of anilines is 1. The van der Waals surface area contributed by atoms with Gasteiger partial charge >= 0.3 is 0 Å². The number of hydrogen-bond acceptors (Lipinski definition) is 4. The zero-order valence-electron chi connectivity index (χ0n) is 10.4. The molecule has 0 bridgehead atoms. The lowest BCUT2D eigenvalue weighted by Gasteiger charge is -2.23. The molecule has 1 unspecified atom stereocenters. The fourth-order valence-corrected chi connectivity index (χ4v) is 3.79. The van der Waals surface area contributed by atoms with Gasteiger partial charge in [0.1, 0.15) is 11.9 Å². The van der Waals surface area contributed by atoms with E-state index in [4.69, 9.17) is 0 Å². The van der Waals surface area contributed by atoms with E-state index in [-0.39, 0.29) is 0 Å². The highest BCUT2D eigenvalue weighted by Gasteiger charge is 2.19. The Morgan fingerprint density at radius 3 is 3.11 bits per heavy atom. The van der Waals surface area contributed by atoms with Crippen molar-refractivity contribution in [1.82, 2.24) is 4.98 Å². The summed E-state index contributed by atoms with van der Waals surface area (Å²) in [6.45, 7) is 0. The molecule has 1 atom stereocenters. The molecule has 0 saturated carbocycles. The van der Waals surface area contributed by atoms with Crippen molar-refractivity contribution in [2.24, 2.45) is 0 Å². The molecule has 0 spiro atoms. The van der Waals surface area contributed by atoms with E-state index in [0.29, 0.717) is 11.6 Å². The zero-order valence-corrected chi connectivity index (χ0v) is 11.2. The van der Waals surface area contributed by atoms with Gasteiger partial charge in [0.25, 0.3) is 0 Å². The number of nitrogens with zero attached hydrogens (tertiary/aromatic N) is 2. The second-order valence-electron chi connectivity index (χ2n) is 5.01. The summed E-state index contributed by atoms with van der Waals surface area (Å²) in [5.41, 5.74) is 3.18. The number of nitrogens with one attached hydrogen (secondary N) is 1. The van der Waals surface area contributed by atoms with Gasteiger partial charge in [-0.1, -0.05) is 0 Å². The number of aryl methyl sites for hydroxylation is 2. The molecule has 3 rings (SSSR count). The van der Waals surface area contributed by atoms with E-state index in [9.17, 15) is 5.26 Å². The summed E-state index contributed by atoms with van der Waals surface area (Å²) < 4.78 is 0. The predicted octanol–water partition coefficient (Wildman–Crippen LogP) is 2.75. The van der Waals surface area contributed by atoms with Gasteiger partial charge in [-0.15, -0.1) is 0 Å². The first-order chi connectivity index (χ1) is 8.86. The summed E-state index contributed by atoms with van der Waals surface area (Å²) in [7, 11) is 0. The van der Waals surface area contributed by atoms with E-state index in [1.165, 1.54) is 36.3 Å². The molecule has 1 aromatic rings. The Kier molecular flexibility index (Phi) is 3.42. The highest BCUT2D eigenvalue weighted by atomic mass is 32.2. The van der Waals surface area contributed by atoms with Crippen LogP contribution < -0.4 is 5.32 Å². The second kappa shape index (κ2) is 5.19. The van der Waals surface area contributed by atoms with Crippen LogP contribution >= 0.6 is 11.8 Å².